The number of nitrogens with one attached hydrogen (secondary N) is 1. The minimum Gasteiger partial charge on any atom is -0.320 e. The first kappa shape index (κ1) is 19.8. The molecule has 0 bridgehead atoms. The van der Waals surface area contributed by atoms with E-state index in [1.54, 1.807) is 24.3 Å². The third kappa shape index (κ3) is 3.97. The van der Waals surface area contributed by atoms with Gasteiger partial charge in [-0.1, -0.05) is 84.0 Å². The number of carbonyl (C=O) groups excluding carboxylic acids is 1. The Morgan fingerprint density at radius 2 is 1.57 bits per heavy atom. The van der Waals surface area contributed by atoms with Gasteiger partial charge in [-0.05, 0) is 29.8 Å². The number of halogens is 1. The third-order valence-electron chi connectivity index (χ3n) is 4.48. The summed E-state index contributed by atoms with van der Waals surface area (Å²) >= 11 is 7.52. The molecule has 0 saturated heterocycles. The van der Waals surface area contributed by atoms with E-state index in [1.165, 1.54) is 11.8 Å². The monoisotopic (exact) mass is 429 g/mol. The highest BCUT2D eigenvalue weighted by atomic mass is 35.5. The minimum atomic E-state index is -0.503. The van der Waals surface area contributed by atoms with Crippen LogP contribution in [0.4, 0.5) is 11.4 Å². The molecular formula is C24H16ClN3OS. The summed E-state index contributed by atoms with van der Waals surface area (Å²) in [6.07, 6.45) is 0. The van der Waals surface area contributed by atoms with Gasteiger partial charge in [-0.25, -0.2) is 0 Å². The second-order valence-electron chi connectivity index (χ2n) is 6.38. The van der Waals surface area contributed by atoms with Crippen LogP contribution in [0.3, 0.4) is 0 Å². The molecule has 0 spiro atoms. The summed E-state index contributed by atoms with van der Waals surface area (Å²) in [5.41, 5.74) is 3.24. The average Bonchev–Trinajstić information content (AvgIpc) is 3.22. The van der Waals surface area contributed by atoms with Gasteiger partial charge in [-0.2, -0.15) is 5.26 Å². The van der Waals surface area contributed by atoms with Gasteiger partial charge in [0.1, 0.15) is 16.7 Å². The summed E-state index contributed by atoms with van der Waals surface area (Å²) in [6, 6.07) is 28.6. The molecule has 0 aromatic heterocycles. The van der Waals surface area contributed by atoms with E-state index in [-0.39, 0.29) is 5.57 Å². The molecular weight excluding hydrogens is 414 g/mol. The average molecular weight is 430 g/mol. The highest BCUT2D eigenvalue weighted by Gasteiger charge is 2.30. The largest absolute Gasteiger partial charge is 0.320 e. The van der Waals surface area contributed by atoms with Gasteiger partial charge < -0.3 is 10.2 Å². The van der Waals surface area contributed by atoms with Crippen molar-refractivity contribution in [1.29, 1.82) is 5.26 Å². The normalized spacial score (nSPS) is 14.7. The lowest BCUT2D eigenvalue weighted by molar-refractivity contribution is -0.112. The maximum atomic E-state index is 13.0. The predicted octanol–water partition coefficient (Wildman–Crippen LogP) is 6.27. The van der Waals surface area contributed by atoms with Crippen LogP contribution in [0.5, 0.6) is 0 Å². The number of nitrogens with zero attached hydrogens (tertiary/aromatic N) is 2. The molecule has 146 valence electrons. The predicted molar refractivity (Wildman–Crippen MR) is 124 cm³/mol. The summed E-state index contributed by atoms with van der Waals surface area (Å²) < 4.78 is 0. The lowest BCUT2D eigenvalue weighted by atomic mass is 10.1. The third-order valence-corrected chi connectivity index (χ3v) is 5.77. The summed E-state index contributed by atoms with van der Waals surface area (Å²) in [7, 11) is 0. The molecule has 3 aromatic rings. The van der Waals surface area contributed by atoms with Crippen molar-refractivity contribution in [2.24, 2.45) is 0 Å². The number of benzene rings is 3. The van der Waals surface area contributed by atoms with E-state index in [0.717, 1.165) is 16.9 Å². The lowest BCUT2D eigenvalue weighted by Gasteiger charge is -2.24. The Morgan fingerprint density at radius 1 is 0.933 bits per heavy atom. The summed E-state index contributed by atoms with van der Waals surface area (Å²) in [5.74, 6) is -0.503. The molecule has 1 N–H and O–H groups in total. The summed E-state index contributed by atoms with van der Waals surface area (Å²) in [4.78, 5) is 14.9. The van der Waals surface area contributed by atoms with E-state index in [2.05, 4.69) is 11.4 Å². The van der Waals surface area contributed by atoms with E-state index in [9.17, 15) is 10.1 Å². The van der Waals surface area contributed by atoms with Crippen LogP contribution < -0.4 is 10.2 Å². The van der Waals surface area contributed by atoms with Crippen molar-refractivity contribution in [1.82, 2.24) is 0 Å². The number of carbonyl (C=O) groups is 1. The standard InChI is InChI=1S/C24H16ClN3OS/c25-20-13-7-8-14-21(20)27-23(29)19(15-26)24-28(18-11-5-2-6-12-18)22(16-30-24)17-9-3-1-4-10-17/h1-14,16H,(H,27,29)/b24-19+. The van der Waals surface area contributed by atoms with Crippen LogP contribution in [0.15, 0.2) is 101 Å². The fourth-order valence-corrected chi connectivity index (χ4v) is 4.29. The SMILES string of the molecule is N#C/C(C(=O)Nc1ccccc1Cl)=C1\SC=C(c2ccccc2)N1c1ccccc1. The Morgan fingerprint density at radius 3 is 2.23 bits per heavy atom. The highest BCUT2D eigenvalue weighted by Crippen LogP contribution is 2.44. The number of para-hydroxylation sites is 2. The van der Waals surface area contributed by atoms with Crippen LogP contribution in [0.25, 0.3) is 5.70 Å². The Labute approximate surface area is 184 Å². The Balaban J connectivity index is 1.77. The van der Waals surface area contributed by atoms with Crippen molar-refractivity contribution in [3.8, 4) is 6.07 Å². The molecule has 6 heteroatoms. The number of anilines is 2. The van der Waals surface area contributed by atoms with Crippen LogP contribution in [-0.2, 0) is 4.79 Å². The molecule has 30 heavy (non-hydrogen) atoms. The number of rotatable bonds is 4. The molecule has 4 nitrogen and oxygen atoms in total. The highest BCUT2D eigenvalue weighted by molar-refractivity contribution is 8.06. The van der Waals surface area contributed by atoms with E-state index in [4.69, 9.17) is 11.6 Å². The number of thioether (sulfide) groups is 1. The molecule has 1 aliphatic rings. The quantitative estimate of drug-likeness (QED) is 0.392. The summed E-state index contributed by atoms with van der Waals surface area (Å²) in [6.45, 7) is 0. The van der Waals surface area contributed by atoms with E-state index in [0.29, 0.717) is 15.7 Å². The van der Waals surface area contributed by atoms with E-state index >= 15 is 0 Å². The minimum absolute atomic E-state index is 0.0194. The fourth-order valence-electron chi connectivity index (χ4n) is 3.08. The van der Waals surface area contributed by atoms with Gasteiger partial charge in [0.2, 0.25) is 0 Å². The molecule has 0 atom stereocenters. The zero-order valence-corrected chi connectivity index (χ0v) is 17.3. The zero-order chi connectivity index (χ0) is 20.9. The Hall–Kier alpha value is -3.46. The topological polar surface area (TPSA) is 56.1 Å². The van der Waals surface area contributed by atoms with Gasteiger partial charge in [0.15, 0.2) is 0 Å². The van der Waals surface area contributed by atoms with Crippen molar-refractivity contribution in [3.63, 3.8) is 0 Å². The second kappa shape index (κ2) is 8.91. The molecule has 4 rings (SSSR count). The molecule has 0 aliphatic carbocycles. The van der Waals surface area contributed by atoms with Gasteiger partial charge >= 0.3 is 0 Å². The number of nitriles is 1. The maximum absolute atomic E-state index is 13.0. The first-order valence-corrected chi connectivity index (χ1v) is 10.4. The number of amides is 1. The van der Waals surface area contributed by atoms with Crippen molar-refractivity contribution < 1.29 is 4.79 Å². The van der Waals surface area contributed by atoms with Gasteiger partial charge in [-0.3, -0.25) is 4.79 Å². The Bertz CT molecular complexity index is 1180. The lowest BCUT2D eigenvalue weighted by Crippen LogP contribution is -2.22. The first-order chi connectivity index (χ1) is 14.7. The van der Waals surface area contributed by atoms with Crippen LogP contribution in [0, 0.1) is 11.3 Å². The molecule has 0 unspecified atom stereocenters. The van der Waals surface area contributed by atoms with E-state index in [1.807, 2.05) is 71.0 Å². The molecule has 0 radical (unpaired) electrons. The van der Waals surface area contributed by atoms with Gasteiger partial charge in [-0.15, -0.1) is 0 Å². The van der Waals surface area contributed by atoms with Crippen LogP contribution in [0.2, 0.25) is 5.02 Å². The molecule has 1 aliphatic heterocycles. The molecule has 0 saturated carbocycles. The van der Waals surface area contributed by atoms with Crippen molar-refractivity contribution in [3.05, 3.63) is 112 Å². The van der Waals surface area contributed by atoms with Crippen LogP contribution in [-0.4, -0.2) is 5.91 Å². The molecule has 3 aromatic carbocycles. The van der Waals surface area contributed by atoms with Gasteiger partial charge in [0, 0.05) is 11.1 Å². The Kier molecular flexibility index (Phi) is 5.89. The van der Waals surface area contributed by atoms with Crippen molar-refractivity contribution >= 4 is 46.3 Å². The van der Waals surface area contributed by atoms with Crippen LogP contribution in [0.1, 0.15) is 5.56 Å². The molecule has 1 amide bonds. The van der Waals surface area contributed by atoms with E-state index < -0.39 is 5.91 Å². The fraction of sp³-hybridized carbons (Fsp3) is 0. The van der Waals surface area contributed by atoms with Crippen molar-refractivity contribution in [2.75, 3.05) is 10.2 Å². The van der Waals surface area contributed by atoms with Gasteiger partial charge in [0.25, 0.3) is 5.91 Å². The second-order valence-corrected chi connectivity index (χ2v) is 7.65. The maximum Gasteiger partial charge on any atom is 0.269 e. The van der Waals surface area contributed by atoms with Gasteiger partial charge in [0.05, 0.1) is 16.4 Å². The molecule has 0 fully saturated rings. The number of hydrogen-bond donors (Lipinski definition) is 1. The summed E-state index contributed by atoms with van der Waals surface area (Å²) in [5, 5.41) is 15.5. The molecule has 1 heterocycles. The van der Waals surface area contributed by atoms with Crippen LogP contribution >= 0.6 is 23.4 Å². The first-order valence-electron chi connectivity index (χ1n) is 9.16. The smallest absolute Gasteiger partial charge is 0.269 e. The van der Waals surface area contributed by atoms with Crippen molar-refractivity contribution in [2.45, 2.75) is 0 Å². The number of hydrogen-bond acceptors (Lipinski definition) is 4. The zero-order valence-electron chi connectivity index (χ0n) is 15.7.